The third-order valence-electron chi connectivity index (χ3n) is 13.9. The van der Waals surface area contributed by atoms with Crippen LogP contribution >= 0.6 is 0 Å². The Bertz CT molecular complexity index is 3310. The number of hydrogen-bond donors (Lipinski definition) is 0. The van der Waals surface area contributed by atoms with Gasteiger partial charge in [-0.15, -0.1) is 0 Å². The average molecular weight is 804 g/mol. The van der Waals surface area contributed by atoms with Gasteiger partial charge < -0.3 is 4.90 Å². The molecule has 0 atom stereocenters. The first-order valence-corrected chi connectivity index (χ1v) is 22.1. The third kappa shape index (κ3) is 5.63. The number of fused-ring (bicyclic) bond motifs is 8. The summed E-state index contributed by atoms with van der Waals surface area (Å²) >= 11 is 0. The maximum atomic E-state index is 2.52. The van der Waals surface area contributed by atoms with Crippen LogP contribution in [0.4, 0.5) is 17.1 Å². The van der Waals surface area contributed by atoms with Gasteiger partial charge in [0, 0.05) is 22.4 Å². The molecule has 0 N–H and O–H groups in total. The number of para-hydroxylation sites is 1. The molecule has 0 unspecified atom stereocenters. The molecule has 298 valence electrons. The highest BCUT2D eigenvalue weighted by atomic mass is 15.1. The second-order valence-corrected chi connectivity index (χ2v) is 17.6. The predicted octanol–water partition coefficient (Wildman–Crippen LogP) is 16.3. The quantitative estimate of drug-likeness (QED) is 0.155. The Balaban J connectivity index is 1.10. The van der Waals surface area contributed by atoms with Crippen LogP contribution in [0.15, 0.2) is 237 Å². The lowest BCUT2D eigenvalue weighted by Crippen LogP contribution is -2.28. The van der Waals surface area contributed by atoms with Crippen molar-refractivity contribution in [2.24, 2.45) is 0 Å². The molecule has 0 bridgehead atoms. The normalized spacial score (nSPS) is 13.8. The van der Waals surface area contributed by atoms with Gasteiger partial charge in [0.05, 0.1) is 11.1 Å². The molecule has 0 saturated heterocycles. The predicted molar refractivity (Wildman–Crippen MR) is 264 cm³/mol. The Hall–Kier alpha value is -7.74. The molecule has 12 rings (SSSR count). The fourth-order valence-electron chi connectivity index (χ4n) is 11.1. The van der Waals surface area contributed by atoms with E-state index in [2.05, 4.69) is 255 Å². The lowest BCUT2D eigenvalue weighted by Gasteiger charge is -2.35. The Kier molecular flexibility index (Phi) is 8.49. The van der Waals surface area contributed by atoms with E-state index in [0.717, 1.165) is 17.1 Å². The van der Waals surface area contributed by atoms with Crippen molar-refractivity contribution in [3.05, 3.63) is 270 Å². The van der Waals surface area contributed by atoms with Crippen molar-refractivity contribution in [1.82, 2.24) is 0 Å². The third-order valence-corrected chi connectivity index (χ3v) is 13.9. The van der Waals surface area contributed by atoms with Gasteiger partial charge in [-0.1, -0.05) is 220 Å². The zero-order valence-corrected chi connectivity index (χ0v) is 35.5. The Morgan fingerprint density at radius 3 is 1.52 bits per heavy atom. The molecule has 2 aliphatic rings. The van der Waals surface area contributed by atoms with Crippen LogP contribution in [-0.4, -0.2) is 0 Å². The maximum absolute atomic E-state index is 2.52. The lowest BCUT2D eigenvalue weighted by atomic mass is 9.67. The van der Waals surface area contributed by atoms with E-state index < -0.39 is 5.41 Å². The van der Waals surface area contributed by atoms with E-state index in [1.165, 1.54) is 88.7 Å². The molecule has 0 radical (unpaired) electrons. The van der Waals surface area contributed by atoms with E-state index in [0.29, 0.717) is 0 Å². The minimum absolute atomic E-state index is 0.213. The minimum atomic E-state index is -0.522. The van der Waals surface area contributed by atoms with Crippen molar-refractivity contribution in [3.63, 3.8) is 0 Å². The molecule has 10 aromatic rings. The van der Waals surface area contributed by atoms with E-state index >= 15 is 0 Å². The van der Waals surface area contributed by atoms with Gasteiger partial charge in [-0.3, -0.25) is 0 Å². The van der Waals surface area contributed by atoms with Crippen molar-refractivity contribution in [2.45, 2.75) is 24.7 Å². The van der Waals surface area contributed by atoms with Gasteiger partial charge in [-0.05, 0) is 113 Å². The highest BCUT2D eigenvalue weighted by Crippen LogP contribution is 2.58. The smallest absolute Gasteiger partial charge is 0.0714 e. The van der Waals surface area contributed by atoms with Gasteiger partial charge in [-0.25, -0.2) is 0 Å². The van der Waals surface area contributed by atoms with Gasteiger partial charge in [-0.2, -0.15) is 0 Å². The highest BCUT2D eigenvalue weighted by Gasteiger charge is 2.46. The fraction of sp³-hybridized carbons (Fsp3) is 0.0645. The van der Waals surface area contributed by atoms with Crippen LogP contribution in [0.5, 0.6) is 0 Å². The molecule has 2 aliphatic carbocycles. The first-order chi connectivity index (χ1) is 31.0. The summed E-state index contributed by atoms with van der Waals surface area (Å²) in [5, 5.41) is 2.61. The van der Waals surface area contributed by atoms with E-state index in [-0.39, 0.29) is 5.41 Å². The van der Waals surface area contributed by atoms with Crippen LogP contribution in [0, 0.1) is 0 Å². The van der Waals surface area contributed by atoms with Gasteiger partial charge in [0.1, 0.15) is 0 Å². The number of nitrogens with zero attached hydrogens (tertiary/aromatic N) is 1. The second-order valence-electron chi connectivity index (χ2n) is 17.6. The Labute approximate surface area is 370 Å². The van der Waals surface area contributed by atoms with Crippen molar-refractivity contribution in [1.29, 1.82) is 0 Å². The molecule has 1 nitrogen and oxygen atoms in total. The van der Waals surface area contributed by atoms with E-state index in [9.17, 15) is 0 Å². The Morgan fingerprint density at radius 2 is 0.825 bits per heavy atom. The van der Waals surface area contributed by atoms with Crippen LogP contribution in [-0.2, 0) is 10.8 Å². The van der Waals surface area contributed by atoms with Crippen LogP contribution in [0.1, 0.15) is 47.2 Å². The zero-order chi connectivity index (χ0) is 42.1. The molecule has 63 heavy (non-hydrogen) atoms. The van der Waals surface area contributed by atoms with E-state index in [1.54, 1.807) is 0 Å². The molecule has 0 saturated carbocycles. The van der Waals surface area contributed by atoms with Crippen LogP contribution in [0.25, 0.3) is 55.3 Å². The topological polar surface area (TPSA) is 3.24 Å². The Morgan fingerprint density at radius 1 is 0.333 bits per heavy atom. The number of benzene rings is 10. The summed E-state index contributed by atoms with van der Waals surface area (Å²) in [5.74, 6) is 0. The number of hydrogen-bond acceptors (Lipinski definition) is 1. The molecular formula is C62H45N. The highest BCUT2D eigenvalue weighted by molar-refractivity contribution is 5.99. The summed E-state index contributed by atoms with van der Waals surface area (Å²) in [5.41, 5.74) is 20.5. The van der Waals surface area contributed by atoms with E-state index in [4.69, 9.17) is 0 Å². The summed E-state index contributed by atoms with van der Waals surface area (Å²) in [6, 6.07) is 87.8. The summed E-state index contributed by atoms with van der Waals surface area (Å²) in [4.78, 5) is 2.52. The van der Waals surface area contributed by atoms with Crippen LogP contribution in [0.2, 0.25) is 0 Å². The first kappa shape index (κ1) is 37.1. The van der Waals surface area contributed by atoms with E-state index in [1.807, 2.05) is 0 Å². The monoisotopic (exact) mass is 803 g/mol. The molecule has 0 aromatic heterocycles. The summed E-state index contributed by atoms with van der Waals surface area (Å²) < 4.78 is 0. The molecule has 0 heterocycles. The van der Waals surface area contributed by atoms with Gasteiger partial charge in [0.2, 0.25) is 0 Å². The largest absolute Gasteiger partial charge is 0.310 e. The molecule has 10 aromatic carbocycles. The van der Waals surface area contributed by atoms with Gasteiger partial charge >= 0.3 is 0 Å². The van der Waals surface area contributed by atoms with Gasteiger partial charge in [0.15, 0.2) is 0 Å². The zero-order valence-electron chi connectivity index (χ0n) is 35.5. The van der Waals surface area contributed by atoms with Crippen molar-refractivity contribution in [2.75, 3.05) is 4.90 Å². The molecule has 0 fully saturated rings. The second kappa shape index (κ2) is 14.4. The standard InChI is InChI=1S/C62H45N/c1-61(2)57-40-48(36-39-54(57)55-37-34-44-20-12-13-26-51(44)60(55)61)63(59-29-17-15-25-50(59)45-32-30-43(31-33-45)42-18-6-3-7-19-42)49-35-38-53-52-27-14-16-28-56(52)62(58(53)41-49,46-21-8-4-9-22-46)47-23-10-5-11-24-47/h3-41H,1-2H3. The molecule has 0 aliphatic heterocycles. The molecule has 0 spiro atoms. The number of rotatable bonds is 7. The van der Waals surface area contributed by atoms with Gasteiger partial charge in [0.25, 0.3) is 0 Å². The SMILES string of the molecule is CC1(C)c2cc(N(c3ccc4c(c3)C(c3ccccc3)(c3ccccc3)c3ccccc3-4)c3ccccc3-c3ccc(-c4ccccc4)cc3)ccc2-c2ccc3ccccc3c21. The average Bonchev–Trinajstić information content (AvgIpc) is 3.78. The van der Waals surface area contributed by atoms with Crippen molar-refractivity contribution in [3.8, 4) is 44.5 Å². The summed E-state index contributed by atoms with van der Waals surface area (Å²) in [6.07, 6.45) is 0. The minimum Gasteiger partial charge on any atom is -0.310 e. The first-order valence-electron chi connectivity index (χ1n) is 22.1. The van der Waals surface area contributed by atoms with Crippen LogP contribution < -0.4 is 4.90 Å². The van der Waals surface area contributed by atoms with Crippen molar-refractivity contribution >= 4 is 27.8 Å². The summed E-state index contributed by atoms with van der Waals surface area (Å²) in [6.45, 7) is 4.81. The fourth-order valence-corrected chi connectivity index (χ4v) is 11.1. The molecular weight excluding hydrogens is 759 g/mol. The van der Waals surface area contributed by atoms with Crippen LogP contribution in [0.3, 0.4) is 0 Å². The molecule has 1 heteroatoms. The number of anilines is 3. The molecule has 0 amide bonds. The lowest BCUT2D eigenvalue weighted by molar-refractivity contribution is 0.666. The van der Waals surface area contributed by atoms with Crippen molar-refractivity contribution < 1.29 is 0 Å². The summed E-state index contributed by atoms with van der Waals surface area (Å²) in [7, 11) is 0. The maximum Gasteiger partial charge on any atom is 0.0714 e.